The van der Waals surface area contributed by atoms with Gasteiger partial charge in [-0.1, -0.05) is 0 Å². The summed E-state index contributed by atoms with van der Waals surface area (Å²) in [5.41, 5.74) is 8.34. The highest BCUT2D eigenvalue weighted by Gasteiger charge is 2.25. The fraction of sp³-hybridized carbons (Fsp3) is 0.360. The topological polar surface area (TPSA) is 97.8 Å². The Balaban J connectivity index is 1.28. The third kappa shape index (κ3) is 3.97. The van der Waals surface area contributed by atoms with E-state index < -0.39 is 11.6 Å². The number of rotatable bonds is 4. The monoisotopic (exact) mass is 476 g/mol. The molecule has 3 N–H and O–H groups in total. The van der Waals surface area contributed by atoms with Crippen LogP contribution < -0.4 is 16.0 Å². The van der Waals surface area contributed by atoms with Crippen molar-refractivity contribution in [2.45, 2.75) is 44.7 Å². The second kappa shape index (κ2) is 8.53. The first-order valence-electron chi connectivity index (χ1n) is 11.9. The van der Waals surface area contributed by atoms with Crippen LogP contribution in [0.2, 0.25) is 0 Å². The van der Waals surface area contributed by atoms with Crippen LogP contribution >= 0.6 is 0 Å². The third-order valence-electron chi connectivity index (χ3n) is 6.96. The summed E-state index contributed by atoms with van der Waals surface area (Å²) in [5.74, 6) is 0.447. The van der Waals surface area contributed by atoms with E-state index in [1.165, 1.54) is 6.07 Å². The van der Waals surface area contributed by atoms with Crippen molar-refractivity contribution in [1.29, 1.82) is 0 Å². The van der Waals surface area contributed by atoms with Gasteiger partial charge in [0.1, 0.15) is 22.9 Å². The predicted octanol–water partition coefficient (Wildman–Crippen LogP) is 4.34. The van der Waals surface area contributed by atoms with Crippen molar-refractivity contribution < 1.29 is 8.78 Å². The maximum atomic E-state index is 14.9. The standard InChI is InChI=1S/C25H26F2N8/c1-14-2-5-22-32-24-18(26)10-15(11-20(24)35(14)22)23-19(27)13-30-25(33-23)31-21-4-3-17(12-29-21)34-8-6-16(28)7-9-34/h3-4,10-14,16H,2,5-9,28H2,1H3,(H,29,30,31,33). The Labute approximate surface area is 201 Å². The number of halogens is 2. The number of nitrogens with zero attached hydrogens (tertiary/aromatic N) is 6. The number of anilines is 3. The molecule has 35 heavy (non-hydrogen) atoms. The number of fused-ring (bicyclic) bond motifs is 3. The number of pyridine rings is 1. The summed E-state index contributed by atoms with van der Waals surface area (Å²) in [6.07, 6.45) is 6.55. The molecular weight excluding hydrogens is 450 g/mol. The van der Waals surface area contributed by atoms with Crippen molar-refractivity contribution in [3.63, 3.8) is 0 Å². The number of aryl methyl sites for hydroxylation is 1. The maximum Gasteiger partial charge on any atom is 0.229 e. The summed E-state index contributed by atoms with van der Waals surface area (Å²) in [4.78, 5) is 19.6. The molecule has 2 aliphatic rings. The van der Waals surface area contributed by atoms with Gasteiger partial charge >= 0.3 is 0 Å². The highest BCUT2D eigenvalue weighted by atomic mass is 19.1. The van der Waals surface area contributed by atoms with Crippen molar-refractivity contribution in [3.8, 4) is 11.3 Å². The molecule has 6 rings (SSSR count). The van der Waals surface area contributed by atoms with Crippen LogP contribution in [0.1, 0.15) is 38.1 Å². The van der Waals surface area contributed by atoms with Gasteiger partial charge in [0.15, 0.2) is 11.6 Å². The summed E-state index contributed by atoms with van der Waals surface area (Å²) in [6, 6.07) is 7.32. The van der Waals surface area contributed by atoms with Gasteiger partial charge < -0.3 is 20.5 Å². The fourth-order valence-electron chi connectivity index (χ4n) is 5.02. The van der Waals surface area contributed by atoms with Crippen molar-refractivity contribution in [1.82, 2.24) is 24.5 Å². The number of nitrogens with two attached hydrogens (primary N) is 1. The molecule has 3 aromatic heterocycles. The lowest BCUT2D eigenvalue weighted by atomic mass is 10.1. The van der Waals surface area contributed by atoms with E-state index in [-0.39, 0.29) is 23.7 Å². The third-order valence-corrected chi connectivity index (χ3v) is 6.96. The zero-order valence-electron chi connectivity index (χ0n) is 19.4. The molecule has 5 heterocycles. The summed E-state index contributed by atoms with van der Waals surface area (Å²) in [6.45, 7) is 3.88. The molecule has 10 heteroatoms. The maximum absolute atomic E-state index is 14.9. The van der Waals surface area contributed by atoms with Gasteiger partial charge in [-0.2, -0.15) is 0 Å². The fourth-order valence-corrected chi connectivity index (χ4v) is 5.02. The molecule has 0 aliphatic carbocycles. The van der Waals surface area contributed by atoms with Crippen molar-refractivity contribution in [2.75, 3.05) is 23.3 Å². The van der Waals surface area contributed by atoms with Gasteiger partial charge in [-0.25, -0.2) is 28.7 Å². The zero-order valence-corrected chi connectivity index (χ0v) is 19.4. The lowest BCUT2D eigenvalue weighted by molar-refractivity contribution is 0.501. The first kappa shape index (κ1) is 21.8. The number of hydrogen-bond donors (Lipinski definition) is 2. The van der Waals surface area contributed by atoms with E-state index in [9.17, 15) is 8.78 Å². The Morgan fingerprint density at radius 3 is 2.60 bits per heavy atom. The highest BCUT2D eigenvalue weighted by Crippen LogP contribution is 2.34. The van der Waals surface area contributed by atoms with Crippen LogP contribution in [0.15, 0.2) is 36.7 Å². The Bertz CT molecular complexity index is 1390. The lowest BCUT2D eigenvalue weighted by Gasteiger charge is -2.31. The van der Waals surface area contributed by atoms with Crippen LogP contribution in [0.5, 0.6) is 0 Å². The molecule has 0 spiro atoms. The normalized spacial score (nSPS) is 18.3. The largest absolute Gasteiger partial charge is 0.370 e. The molecule has 8 nitrogen and oxygen atoms in total. The molecule has 0 bridgehead atoms. The van der Waals surface area contributed by atoms with Gasteiger partial charge in [-0.15, -0.1) is 0 Å². The van der Waals surface area contributed by atoms with Gasteiger partial charge in [-0.05, 0) is 50.5 Å². The molecule has 4 aromatic rings. The Hall–Kier alpha value is -3.66. The van der Waals surface area contributed by atoms with E-state index in [0.29, 0.717) is 22.4 Å². The van der Waals surface area contributed by atoms with Crippen molar-refractivity contribution in [2.24, 2.45) is 5.73 Å². The lowest BCUT2D eigenvalue weighted by Crippen LogP contribution is -2.39. The van der Waals surface area contributed by atoms with E-state index in [4.69, 9.17) is 5.73 Å². The minimum absolute atomic E-state index is 0.0192. The van der Waals surface area contributed by atoms with Crippen molar-refractivity contribution >= 4 is 28.5 Å². The quantitative estimate of drug-likeness (QED) is 0.452. The Morgan fingerprint density at radius 1 is 1.00 bits per heavy atom. The van der Waals surface area contributed by atoms with Crippen LogP contribution in [0, 0.1) is 11.6 Å². The van der Waals surface area contributed by atoms with Gasteiger partial charge in [0.05, 0.1) is 23.6 Å². The van der Waals surface area contributed by atoms with E-state index in [2.05, 4.69) is 37.1 Å². The number of piperidine rings is 1. The number of hydrogen-bond acceptors (Lipinski definition) is 7. The molecule has 1 aromatic carbocycles. The first-order chi connectivity index (χ1) is 17.0. The Morgan fingerprint density at radius 2 is 1.83 bits per heavy atom. The molecule has 2 aliphatic heterocycles. The van der Waals surface area contributed by atoms with Crippen LogP contribution in [-0.2, 0) is 6.42 Å². The van der Waals surface area contributed by atoms with Crippen LogP contribution in [0.25, 0.3) is 22.3 Å². The van der Waals surface area contributed by atoms with E-state index in [1.54, 1.807) is 12.3 Å². The second-order valence-electron chi connectivity index (χ2n) is 9.35. The molecular formula is C25H26F2N8. The summed E-state index contributed by atoms with van der Waals surface area (Å²) in [5, 5.41) is 3.02. The molecule has 0 saturated carbocycles. The van der Waals surface area contributed by atoms with Gasteiger partial charge in [0.25, 0.3) is 0 Å². The minimum atomic E-state index is -0.630. The summed E-state index contributed by atoms with van der Waals surface area (Å²) < 4.78 is 31.7. The molecule has 1 saturated heterocycles. The van der Waals surface area contributed by atoms with Gasteiger partial charge in [-0.3, -0.25) is 0 Å². The number of aromatic nitrogens is 5. The van der Waals surface area contributed by atoms with E-state index >= 15 is 0 Å². The van der Waals surface area contributed by atoms with Crippen molar-refractivity contribution in [3.05, 3.63) is 54.1 Å². The van der Waals surface area contributed by atoms with Gasteiger partial charge in [0, 0.05) is 37.2 Å². The predicted molar refractivity (Wildman–Crippen MR) is 131 cm³/mol. The highest BCUT2D eigenvalue weighted by molar-refractivity contribution is 5.83. The molecule has 0 amide bonds. The smallest absolute Gasteiger partial charge is 0.229 e. The van der Waals surface area contributed by atoms with Crippen LogP contribution in [0.3, 0.4) is 0 Å². The molecule has 1 fully saturated rings. The first-order valence-corrected chi connectivity index (χ1v) is 11.9. The van der Waals surface area contributed by atoms with E-state index in [1.807, 2.05) is 16.7 Å². The average molecular weight is 477 g/mol. The number of imidazole rings is 1. The average Bonchev–Trinajstić information content (AvgIpc) is 3.41. The number of nitrogens with one attached hydrogen (secondary N) is 1. The summed E-state index contributed by atoms with van der Waals surface area (Å²) in [7, 11) is 0. The zero-order chi connectivity index (χ0) is 24.1. The molecule has 180 valence electrons. The SMILES string of the molecule is CC1CCc2nc3c(F)cc(-c4nc(Nc5ccc(N6CCC(N)CC6)cn5)ncc4F)cc3n21. The van der Waals surface area contributed by atoms with E-state index in [0.717, 1.165) is 56.5 Å². The van der Waals surface area contributed by atoms with Gasteiger partial charge in [0.2, 0.25) is 5.95 Å². The Kier molecular flexibility index (Phi) is 5.32. The summed E-state index contributed by atoms with van der Waals surface area (Å²) >= 11 is 0. The second-order valence-corrected chi connectivity index (χ2v) is 9.35. The molecule has 1 atom stereocenters. The van der Waals surface area contributed by atoms with Crippen LogP contribution in [0.4, 0.5) is 26.2 Å². The molecule has 0 radical (unpaired) electrons. The number of benzene rings is 1. The molecule has 1 unspecified atom stereocenters. The minimum Gasteiger partial charge on any atom is -0.370 e. The van der Waals surface area contributed by atoms with Crippen LogP contribution in [-0.4, -0.2) is 43.6 Å².